The van der Waals surface area contributed by atoms with Crippen molar-refractivity contribution in [3.8, 4) is 10.7 Å². The van der Waals surface area contributed by atoms with Crippen molar-refractivity contribution in [2.75, 3.05) is 0 Å². The highest BCUT2D eigenvalue weighted by molar-refractivity contribution is 7.17. The van der Waals surface area contributed by atoms with Gasteiger partial charge in [0.15, 0.2) is 12.1 Å². The molecule has 2 heterocycles. The first-order valence-corrected chi connectivity index (χ1v) is 7.49. The molecule has 0 radical (unpaired) electrons. The van der Waals surface area contributed by atoms with Gasteiger partial charge in [-0.25, -0.2) is 4.98 Å². The van der Waals surface area contributed by atoms with E-state index in [1.807, 2.05) is 31.3 Å². The van der Waals surface area contributed by atoms with Crippen molar-refractivity contribution >= 4 is 39.4 Å². The van der Waals surface area contributed by atoms with E-state index in [-0.39, 0.29) is 0 Å². The molecular formula is C17H12N2OS. The van der Waals surface area contributed by atoms with Crippen molar-refractivity contribution in [3.05, 3.63) is 53.4 Å². The molecule has 0 bridgehead atoms. The Morgan fingerprint density at radius 3 is 2.76 bits per heavy atom. The van der Waals surface area contributed by atoms with Gasteiger partial charge >= 0.3 is 0 Å². The largest absolute Gasteiger partial charge is 0.326 e. The van der Waals surface area contributed by atoms with Gasteiger partial charge in [0.05, 0.1) is 20.8 Å². The van der Waals surface area contributed by atoms with E-state index in [9.17, 15) is 4.79 Å². The second kappa shape index (κ2) is 4.53. The number of hydrogen-bond acceptors (Lipinski definition) is 3. The topological polar surface area (TPSA) is 34.9 Å². The zero-order valence-electron chi connectivity index (χ0n) is 11.4. The van der Waals surface area contributed by atoms with Crippen LogP contribution in [-0.4, -0.2) is 15.8 Å². The lowest BCUT2D eigenvalue weighted by Crippen LogP contribution is -1.90. The van der Waals surface area contributed by atoms with Gasteiger partial charge in [0.2, 0.25) is 0 Å². The number of hydrogen-bond donors (Lipinski definition) is 0. The average Bonchev–Trinajstić information content (AvgIpc) is 3.12. The van der Waals surface area contributed by atoms with E-state index >= 15 is 0 Å². The van der Waals surface area contributed by atoms with Crippen molar-refractivity contribution in [1.29, 1.82) is 0 Å². The molecule has 0 aliphatic heterocycles. The first kappa shape index (κ1) is 12.3. The van der Waals surface area contributed by atoms with Gasteiger partial charge in [-0.15, -0.1) is 11.3 Å². The molecule has 0 N–H and O–H groups in total. The standard InChI is InChI=1S/C17H12N2OS/c1-19-14-8-6-11-4-2-3-5-13(11)16(14)18-17(19)15-9-7-12(10-20)21-15/h2-10H,1H3. The van der Waals surface area contributed by atoms with Crippen LogP contribution in [0.3, 0.4) is 0 Å². The number of fused-ring (bicyclic) bond motifs is 3. The summed E-state index contributed by atoms with van der Waals surface area (Å²) >= 11 is 1.47. The number of nitrogens with zero attached hydrogens (tertiary/aromatic N) is 2. The van der Waals surface area contributed by atoms with E-state index in [4.69, 9.17) is 4.98 Å². The number of aldehydes is 1. The number of rotatable bonds is 2. The normalized spacial score (nSPS) is 11.3. The van der Waals surface area contributed by atoms with Crippen LogP contribution in [0.5, 0.6) is 0 Å². The Labute approximate surface area is 125 Å². The second-order valence-electron chi connectivity index (χ2n) is 4.97. The molecule has 0 atom stereocenters. The van der Waals surface area contributed by atoms with Gasteiger partial charge in [0.1, 0.15) is 0 Å². The minimum Gasteiger partial charge on any atom is -0.326 e. The van der Waals surface area contributed by atoms with Crippen LogP contribution < -0.4 is 0 Å². The summed E-state index contributed by atoms with van der Waals surface area (Å²) in [6.45, 7) is 0. The first-order chi connectivity index (χ1) is 10.3. The van der Waals surface area contributed by atoms with Gasteiger partial charge in [0, 0.05) is 12.4 Å². The van der Waals surface area contributed by atoms with E-state index in [2.05, 4.69) is 28.8 Å². The van der Waals surface area contributed by atoms with Crippen molar-refractivity contribution in [2.45, 2.75) is 0 Å². The van der Waals surface area contributed by atoms with Crippen LogP contribution in [0.4, 0.5) is 0 Å². The molecule has 102 valence electrons. The maximum Gasteiger partial charge on any atom is 0.160 e. The van der Waals surface area contributed by atoms with Gasteiger partial charge in [-0.1, -0.05) is 30.3 Å². The molecule has 3 nitrogen and oxygen atoms in total. The SMILES string of the molecule is Cn1c(-c2ccc(C=O)s2)nc2c3ccccc3ccc21. The average molecular weight is 292 g/mol. The van der Waals surface area contributed by atoms with Crippen LogP contribution in [0.15, 0.2) is 48.5 Å². The zero-order valence-corrected chi connectivity index (χ0v) is 12.2. The molecule has 0 unspecified atom stereocenters. The zero-order chi connectivity index (χ0) is 14.4. The van der Waals surface area contributed by atoms with Crippen molar-refractivity contribution in [2.24, 2.45) is 7.05 Å². The highest BCUT2D eigenvalue weighted by atomic mass is 32.1. The fourth-order valence-electron chi connectivity index (χ4n) is 2.68. The molecule has 0 saturated heterocycles. The molecule has 4 rings (SSSR count). The second-order valence-corrected chi connectivity index (χ2v) is 6.08. The van der Waals surface area contributed by atoms with Crippen LogP contribution >= 0.6 is 11.3 Å². The number of carbonyl (C=O) groups is 1. The highest BCUT2D eigenvalue weighted by Crippen LogP contribution is 2.32. The van der Waals surface area contributed by atoms with E-state index in [1.165, 1.54) is 16.7 Å². The van der Waals surface area contributed by atoms with Gasteiger partial charge in [-0.2, -0.15) is 0 Å². The molecule has 0 aliphatic rings. The third-order valence-corrected chi connectivity index (χ3v) is 4.75. The summed E-state index contributed by atoms with van der Waals surface area (Å²) in [5.74, 6) is 0.902. The first-order valence-electron chi connectivity index (χ1n) is 6.67. The third-order valence-electron chi connectivity index (χ3n) is 3.74. The van der Waals surface area contributed by atoms with Crippen LogP contribution in [0, 0.1) is 0 Å². The van der Waals surface area contributed by atoms with Crippen molar-refractivity contribution in [3.63, 3.8) is 0 Å². The maximum atomic E-state index is 10.9. The maximum absolute atomic E-state index is 10.9. The molecule has 2 aromatic carbocycles. The number of carbonyl (C=O) groups excluding carboxylic acids is 1. The predicted molar refractivity (Wildman–Crippen MR) is 86.9 cm³/mol. The molecule has 2 aromatic heterocycles. The minimum absolute atomic E-state index is 0.724. The van der Waals surface area contributed by atoms with Gasteiger partial charge in [-0.3, -0.25) is 4.79 Å². The van der Waals surface area contributed by atoms with E-state index < -0.39 is 0 Å². The Morgan fingerprint density at radius 2 is 1.95 bits per heavy atom. The molecule has 21 heavy (non-hydrogen) atoms. The predicted octanol–water partition coefficient (Wildman–Crippen LogP) is 4.27. The van der Waals surface area contributed by atoms with Gasteiger partial charge < -0.3 is 4.57 Å². The van der Waals surface area contributed by atoms with Crippen LogP contribution in [0.2, 0.25) is 0 Å². The Hall–Kier alpha value is -2.46. The summed E-state index contributed by atoms with van der Waals surface area (Å²) in [6.07, 6.45) is 0.881. The van der Waals surface area contributed by atoms with Gasteiger partial charge in [-0.05, 0) is 23.6 Å². The fraction of sp³-hybridized carbons (Fsp3) is 0.0588. The van der Waals surface area contributed by atoms with Crippen molar-refractivity contribution in [1.82, 2.24) is 9.55 Å². The fourth-order valence-corrected chi connectivity index (χ4v) is 3.53. The number of imidazole rings is 1. The van der Waals surface area contributed by atoms with Crippen LogP contribution in [-0.2, 0) is 7.05 Å². The monoisotopic (exact) mass is 292 g/mol. The highest BCUT2D eigenvalue weighted by Gasteiger charge is 2.13. The summed E-state index contributed by atoms with van der Waals surface area (Å²) in [5.41, 5.74) is 2.11. The Balaban J connectivity index is 2.04. The summed E-state index contributed by atoms with van der Waals surface area (Å²) in [7, 11) is 2.01. The third kappa shape index (κ3) is 1.80. The minimum atomic E-state index is 0.724. The van der Waals surface area contributed by atoms with Crippen molar-refractivity contribution < 1.29 is 4.79 Å². The number of aromatic nitrogens is 2. The lowest BCUT2D eigenvalue weighted by molar-refractivity contribution is 0.112. The molecule has 4 aromatic rings. The smallest absolute Gasteiger partial charge is 0.160 e. The quantitative estimate of drug-likeness (QED) is 0.517. The molecule has 0 amide bonds. The summed E-state index contributed by atoms with van der Waals surface area (Å²) < 4.78 is 2.09. The Bertz CT molecular complexity index is 981. The van der Waals surface area contributed by atoms with E-state index in [0.29, 0.717) is 0 Å². The van der Waals surface area contributed by atoms with E-state index in [0.717, 1.165) is 38.3 Å². The summed E-state index contributed by atoms with van der Waals surface area (Å²) in [4.78, 5) is 17.4. The molecule has 0 saturated carbocycles. The number of aryl methyl sites for hydroxylation is 1. The Morgan fingerprint density at radius 1 is 1.10 bits per heavy atom. The van der Waals surface area contributed by atoms with Crippen LogP contribution in [0.1, 0.15) is 9.67 Å². The summed E-state index contributed by atoms with van der Waals surface area (Å²) in [5, 5.41) is 2.35. The number of benzene rings is 2. The lowest BCUT2D eigenvalue weighted by Gasteiger charge is -2.00. The Kier molecular flexibility index (Phi) is 2.65. The van der Waals surface area contributed by atoms with Gasteiger partial charge in [0.25, 0.3) is 0 Å². The molecule has 0 spiro atoms. The lowest BCUT2D eigenvalue weighted by atomic mass is 10.1. The molecular weight excluding hydrogens is 280 g/mol. The molecule has 4 heteroatoms. The molecule has 0 fully saturated rings. The number of thiophene rings is 1. The van der Waals surface area contributed by atoms with Crippen LogP contribution in [0.25, 0.3) is 32.5 Å². The summed E-state index contributed by atoms with van der Waals surface area (Å²) in [6, 6.07) is 16.3. The molecule has 0 aliphatic carbocycles. The van der Waals surface area contributed by atoms with E-state index in [1.54, 1.807) is 0 Å².